The number of rotatable bonds is 6. The van der Waals surface area contributed by atoms with Gasteiger partial charge in [0, 0.05) is 18.8 Å². The van der Waals surface area contributed by atoms with Gasteiger partial charge in [-0.2, -0.15) is 18.6 Å². The molecule has 1 N–H and O–H groups in total. The predicted octanol–water partition coefficient (Wildman–Crippen LogP) is 3.55. The van der Waals surface area contributed by atoms with E-state index in [1.54, 1.807) is 0 Å². The second-order valence-corrected chi connectivity index (χ2v) is 6.28. The molecule has 0 radical (unpaired) electrons. The Labute approximate surface area is 164 Å². The van der Waals surface area contributed by atoms with Gasteiger partial charge in [-0.15, -0.1) is 0 Å². The Bertz CT molecular complexity index is 771. The first-order chi connectivity index (χ1) is 10.9. The van der Waals surface area contributed by atoms with Gasteiger partial charge in [-0.1, -0.05) is 0 Å². The maximum absolute atomic E-state index is 11.0. The van der Waals surface area contributed by atoms with Crippen molar-refractivity contribution in [2.45, 2.75) is 18.7 Å². The molecule has 0 aromatic heterocycles. The number of nitrogens with zero attached hydrogens (tertiary/aromatic N) is 3. The summed E-state index contributed by atoms with van der Waals surface area (Å²) in [6.45, 7) is 6.09. The van der Waals surface area contributed by atoms with E-state index in [0.29, 0.717) is 11.4 Å². The Morgan fingerprint density at radius 3 is 1.67 bits per heavy atom. The van der Waals surface area contributed by atoms with Crippen LogP contribution in [0.5, 0.6) is 0 Å². The van der Waals surface area contributed by atoms with Crippen LogP contribution in [0.15, 0.2) is 63.7 Å². The molecular weight excluding hydrogens is 337 g/mol. The summed E-state index contributed by atoms with van der Waals surface area (Å²) >= 11 is 0. The first kappa shape index (κ1) is 20.8. The van der Waals surface area contributed by atoms with Crippen molar-refractivity contribution >= 4 is 56.7 Å². The van der Waals surface area contributed by atoms with Gasteiger partial charge in [-0.05, 0) is 62.4 Å². The van der Waals surface area contributed by atoms with Crippen LogP contribution in [0.1, 0.15) is 13.8 Å². The predicted molar refractivity (Wildman–Crippen MR) is 97.6 cm³/mol. The van der Waals surface area contributed by atoms with E-state index in [9.17, 15) is 8.42 Å². The minimum atomic E-state index is -4.18. The van der Waals surface area contributed by atoms with Crippen LogP contribution >= 0.6 is 0 Å². The fraction of sp³-hybridized carbons (Fsp3) is 0.250. The number of anilines is 1. The van der Waals surface area contributed by atoms with E-state index in [1.165, 1.54) is 24.3 Å². The van der Waals surface area contributed by atoms with E-state index in [2.05, 4.69) is 29.0 Å². The van der Waals surface area contributed by atoms with Crippen molar-refractivity contribution in [1.82, 2.24) is 0 Å². The molecule has 24 heavy (non-hydrogen) atoms. The quantitative estimate of drug-likeness (QED) is 0.487. The van der Waals surface area contributed by atoms with Gasteiger partial charge in [0.15, 0.2) is 0 Å². The van der Waals surface area contributed by atoms with Crippen molar-refractivity contribution in [2.24, 2.45) is 10.2 Å². The molecule has 6 nitrogen and oxygen atoms in total. The minimum absolute atomic E-state index is 0. The van der Waals surface area contributed by atoms with Crippen molar-refractivity contribution in [3.8, 4) is 0 Å². The number of hydrogen-bond donors (Lipinski definition) is 1. The molecule has 2 rings (SSSR count). The van der Waals surface area contributed by atoms with Gasteiger partial charge in [0.2, 0.25) is 0 Å². The second-order valence-electron chi connectivity index (χ2n) is 4.86. The van der Waals surface area contributed by atoms with Gasteiger partial charge < -0.3 is 4.90 Å². The van der Waals surface area contributed by atoms with Crippen molar-refractivity contribution in [2.75, 3.05) is 18.0 Å². The molecule has 0 saturated heterocycles. The van der Waals surface area contributed by atoms with E-state index in [-0.39, 0.29) is 34.5 Å². The zero-order valence-corrected chi connectivity index (χ0v) is 13.9. The molecule has 0 atom stereocenters. The van der Waals surface area contributed by atoms with Crippen LogP contribution in [0, 0.1) is 0 Å². The van der Waals surface area contributed by atoms with Gasteiger partial charge in [-0.25, -0.2) is 0 Å². The van der Waals surface area contributed by atoms with Crippen LogP contribution < -0.4 is 4.90 Å². The molecule has 8 heteroatoms. The Balaban J connectivity index is 0.00000288. The molecule has 0 heterocycles. The summed E-state index contributed by atoms with van der Waals surface area (Å²) in [5.74, 6) is 0. The van der Waals surface area contributed by atoms with Crippen LogP contribution in [-0.4, -0.2) is 55.6 Å². The third-order valence-electron chi connectivity index (χ3n) is 3.39. The fourth-order valence-electron chi connectivity index (χ4n) is 2.12. The molecule has 2 aromatic carbocycles. The SMILES string of the molecule is CCN(CC)c1ccc(/N=N/c2ccc(S(=O)(=O)O)cc2)cc1.[NaH]. The molecule has 0 aliphatic rings. The van der Waals surface area contributed by atoms with Crippen LogP contribution in [0.2, 0.25) is 0 Å². The number of hydrogen-bond acceptors (Lipinski definition) is 5. The standard InChI is InChI=1S/C16H19N3O3S.Na.H/c1-3-19(4-2)15-9-5-13(6-10-15)17-18-14-7-11-16(12-8-14)23(20,21)22;;/h5-12H,3-4H2,1-2H3,(H,20,21,22);;/b18-17+;;. The summed E-state index contributed by atoms with van der Waals surface area (Å²) in [6.07, 6.45) is 0. The monoisotopic (exact) mass is 357 g/mol. The summed E-state index contributed by atoms with van der Waals surface area (Å²) in [7, 11) is -4.18. The Hall–Kier alpha value is -1.25. The number of azo groups is 1. The van der Waals surface area contributed by atoms with E-state index >= 15 is 0 Å². The molecule has 0 amide bonds. The van der Waals surface area contributed by atoms with Gasteiger partial charge in [0.25, 0.3) is 10.1 Å². The van der Waals surface area contributed by atoms with Gasteiger partial charge in [0.1, 0.15) is 0 Å². The zero-order valence-electron chi connectivity index (χ0n) is 13.0. The summed E-state index contributed by atoms with van der Waals surface area (Å²) in [5, 5.41) is 8.16. The topological polar surface area (TPSA) is 82.3 Å². The molecule has 2 aromatic rings. The van der Waals surface area contributed by atoms with Gasteiger partial charge >= 0.3 is 29.6 Å². The van der Waals surface area contributed by atoms with E-state index in [0.717, 1.165) is 18.8 Å². The van der Waals surface area contributed by atoms with E-state index in [1.807, 2.05) is 24.3 Å². The third kappa shape index (κ3) is 5.68. The Morgan fingerprint density at radius 2 is 1.29 bits per heavy atom. The zero-order chi connectivity index (χ0) is 16.9. The van der Waals surface area contributed by atoms with Crippen LogP contribution in [0.25, 0.3) is 0 Å². The molecule has 0 unspecified atom stereocenters. The average Bonchev–Trinajstić information content (AvgIpc) is 2.55. The molecular formula is C16H20N3NaO3S. The van der Waals surface area contributed by atoms with Crippen molar-refractivity contribution in [3.05, 3.63) is 48.5 Å². The molecule has 0 aliphatic carbocycles. The molecule has 124 valence electrons. The average molecular weight is 357 g/mol. The van der Waals surface area contributed by atoms with E-state index < -0.39 is 10.1 Å². The summed E-state index contributed by atoms with van der Waals surface area (Å²) in [4.78, 5) is 2.06. The van der Waals surface area contributed by atoms with E-state index in [4.69, 9.17) is 4.55 Å². The first-order valence-electron chi connectivity index (χ1n) is 7.28. The molecule has 0 aliphatic heterocycles. The Morgan fingerprint density at radius 1 is 0.875 bits per heavy atom. The molecule has 0 saturated carbocycles. The molecule has 0 bridgehead atoms. The maximum atomic E-state index is 11.0. The van der Waals surface area contributed by atoms with Gasteiger partial charge in [-0.3, -0.25) is 4.55 Å². The van der Waals surface area contributed by atoms with Gasteiger partial charge in [0.05, 0.1) is 16.3 Å². The third-order valence-corrected chi connectivity index (χ3v) is 4.26. The first-order valence-corrected chi connectivity index (χ1v) is 8.72. The Kier molecular flexibility index (Phi) is 8.05. The van der Waals surface area contributed by atoms with Crippen LogP contribution in [0.4, 0.5) is 17.1 Å². The number of benzene rings is 2. The van der Waals surface area contributed by atoms with Crippen molar-refractivity contribution in [3.63, 3.8) is 0 Å². The normalized spacial score (nSPS) is 11.3. The summed E-state index contributed by atoms with van der Waals surface area (Å²) in [6, 6.07) is 13.3. The summed E-state index contributed by atoms with van der Waals surface area (Å²) < 4.78 is 30.8. The molecule has 0 fully saturated rings. The summed E-state index contributed by atoms with van der Waals surface area (Å²) in [5.41, 5.74) is 2.34. The fourth-order valence-corrected chi connectivity index (χ4v) is 2.60. The van der Waals surface area contributed by atoms with Crippen molar-refractivity contribution < 1.29 is 13.0 Å². The van der Waals surface area contributed by atoms with Crippen molar-refractivity contribution in [1.29, 1.82) is 0 Å². The van der Waals surface area contributed by atoms with Crippen LogP contribution in [0.3, 0.4) is 0 Å². The molecule has 0 spiro atoms. The van der Waals surface area contributed by atoms with Crippen LogP contribution in [-0.2, 0) is 10.1 Å². The second kappa shape index (κ2) is 9.29.